The van der Waals surface area contributed by atoms with Crippen molar-refractivity contribution in [2.24, 2.45) is 0 Å². The Morgan fingerprint density at radius 1 is 1.27 bits per heavy atom. The van der Waals surface area contributed by atoms with Crippen LogP contribution in [0.1, 0.15) is 5.69 Å². The van der Waals surface area contributed by atoms with E-state index < -0.39 is 0 Å². The summed E-state index contributed by atoms with van der Waals surface area (Å²) < 4.78 is 0.865. The Labute approximate surface area is 94.7 Å². The quantitative estimate of drug-likeness (QED) is 0.789. The van der Waals surface area contributed by atoms with E-state index in [-0.39, 0.29) is 5.69 Å². The molecule has 0 aliphatic carbocycles. The van der Waals surface area contributed by atoms with Crippen LogP contribution in [0.5, 0.6) is 0 Å². The normalized spacial score (nSPS) is 9.60. The Morgan fingerprint density at radius 3 is 2.80 bits per heavy atom. The van der Waals surface area contributed by atoms with Crippen LogP contribution in [-0.2, 0) is 0 Å². The SMILES string of the molecule is N#Cc1ncnnc1-c1ccccc1Br. The lowest BCUT2D eigenvalue weighted by atomic mass is 10.1. The lowest BCUT2D eigenvalue weighted by Crippen LogP contribution is -1.95. The number of halogens is 1. The van der Waals surface area contributed by atoms with Gasteiger partial charge in [0, 0.05) is 10.0 Å². The summed E-state index contributed by atoms with van der Waals surface area (Å²) in [6, 6.07) is 9.49. The van der Waals surface area contributed by atoms with E-state index in [0.29, 0.717) is 5.69 Å². The van der Waals surface area contributed by atoms with Gasteiger partial charge in [-0.15, -0.1) is 10.2 Å². The van der Waals surface area contributed by atoms with Crippen LogP contribution in [-0.4, -0.2) is 15.2 Å². The number of benzene rings is 1. The first-order chi connectivity index (χ1) is 7.33. The summed E-state index contributed by atoms with van der Waals surface area (Å²) in [5.41, 5.74) is 1.58. The molecule has 0 fully saturated rings. The number of hydrogen-bond acceptors (Lipinski definition) is 4. The lowest BCUT2D eigenvalue weighted by molar-refractivity contribution is 0.964. The summed E-state index contributed by atoms with van der Waals surface area (Å²) in [4.78, 5) is 3.86. The van der Waals surface area contributed by atoms with Gasteiger partial charge in [0.05, 0.1) is 0 Å². The molecule has 2 aromatic rings. The number of aromatic nitrogens is 3. The molecule has 72 valence electrons. The van der Waals surface area contributed by atoms with Crippen molar-refractivity contribution < 1.29 is 0 Å². The van der Waals surface area contributed by atoms with Gasteiger partial charge in [0.15, 0.2) is 5.69 Å². The molecule has 1 aromatic heterocycles. The molecule has 0 N–H and O–H groups in total. The van der Waals surface area contributed by atoms with Crippen LogP contribution in [0.15, 0.2) is 35.1 Å². The molecule has 5 heteroatoms. The van der Waals surface area contributed by atoms with Gasteiger partial charge in [-0.25, -0.2) is 4.98 Å². The molecule has 0 saturated heterocycles. The van der Waals surface area contributed by atoms with Crippen molar-refractivity contribution in [1.82, 2.24) is 15.2 Å². The maximum absolute atomic E-state index is 8.88. The summed E-state index contributed by atoms with van der Waals surface area (Å²) in [5, 5.41) is 16.5. The number of rotatable bonds is 1. The van der Waals surface area contributed by atoms with E-state index in [1.165, 1.54) is 6.33 Å². The molecule has 0 aliphatic rings. The largest absolute Gasteiger partial charge is 0.221 e. The minimum absolute atomic E-state index is 0.275. The van der Waals surface area contributed by atoms with Crippen molar-refractivity contribution in [1.29, 1.82) is 5.26 Å². The van der Waals surface area contributed by atoms with Crippen molar-refractivity contribution in [2.45, 2.75) is 0 Å². The first-order valence-electron chi connectivity index (χ1n) is 4.15. The fraction of sp³-hybridized carbons (Fsp3) is 0. The van der Waals surface area contributed by atoms with Crippen molar-refractivity contribution in [3.05, 3.63) is 40.8 Å². The van der Waals surface area contributed by atoms with Crippen LogP contribution in [0.3, 0.4) is 0 Å². The minimum atomic E-state index is 0.275. The number of hydrogen-bond donors (Lipinski definition) is 0. The zero-order valence-corrected chi connectivity index (χ0v) is 9.14. The van der Waals surface area contributed by atoms with E-state index in [2.05, 4.69) is 31.1 Å². The van der Waals surface area contributed by atoms with Gasteiger partial charge in [0.2, 0.25) is 0 Å². The van der Waals surface area contributed by atoms with Crippen LogP contribution in [0.4, 0.5) is 0 Å². The summed E-state index contributed by atoms with van der Waals surface area (Å²) in [7, 11) is 0. The van der Waals surface area contributed by atoms with Gasteiger partial charge in [-0.2, -0.15) is 5.26 Å². The second kappa shape index (κ2) is 4.15. The van der Waals surface area contributed by atoms with Gasteiger partial charge in [0.25, 0.3) is 0 Å². The second-order valence-corrected chi connectivity index (χ2v) is 3.60. The maximum atomic E-state index is 8.88. The molecule has 2 rings (SSSR count). The summed E-state index contributed by atoms with van der Waals surface area (Å²) in [6.45, 7) is 0. The van der Waals surface area contributed by atoms with Crippen molar-refractivity contribution in [3.8, 4) is 17.3 Å². The summed E-state index contributed by atoms with van der Waals surface area (Å²) in [6.07, 6.45) is 1.26. The Morgan fingerprint density at radius 2 is 2.07 bits per heavy atom. The third-order valence-electron chi connectivity index (χ3n) is 1.86. The Kier molecular flexibility index (Phi) is 2.70. The number of nitriles is 1. The summed E-state index contributed by atoms with van der Waals surface area (Å²) >= 11 is 3.39. The highest BCUT2D eigenvalue weighted by Crippen LogP contribution is 2.26. The molecule has 0 spiro atoms. The van der Waals surface area contributed by atoms with Crippen LogP contribution in [0.2, 0.25) is 0 Å². The van der Waals surface area contributed by atoms with E-state index in [1.54, 1.807) is 0 Å². The highest BCUT2D eigenvalue weighted by Gasteiger charge is 2.10. The van der Waals surface area contributed by atoms with Gasteiger partial charge in [0.1, 0.15) is 18.1 Å². The van der Waals surface area contributed by atoms with Gasteiger partial charge < -0.3 is 0 Å². The zero-order chi connectivity index (χ0) is 10.7. The molecule has 0 bridgehead atoms. The predicted octanol–water partition coefficient (Wildman–Crippen LogP) is 2.17. The van der Waals surface area contributed by atoms with Gasteiger partial charge in [-0.1, -0.05) is 34.1 Å². The van der Waals surface area contributed by atoms with Crippen molar-refractivity contribution in [3.63, 3.8) is 0 Å². The highest BCUT2D eigenvalue weighted by molar-refractivity contribution is 9.10. The standard InChI is InChI=1S/C10H5BrN4/c11-8-4-2-1-3-7(8)10-9(5-12)13-6-14-15-10/h1-4,6H. The van der Waals surface area contributed by atoms with Crippen LogP contribution in [0.25, 0.3) is 11.3 Å². The topological polar surface area (TPSA) is 62.5 Å². The molecular weight excluding hydrogens is 256 g/mol. The monoisotopic (exact) mass is 260 g/mol. The van der Waals surface area contributed by atoms with E-state index in [4.69, 9.17) is 5.26 Å². The second-order valence-electron chi connectivity index (χ2n) is 2.75. The predicted molar refractivity (Wildman–Crippen MR) is 57.7 cm³/mol. The van der Waals surface area contributed by atoms with E-state index in [9.17, 15) is 0 Å². The Balaban J connectivity index is 2.65. The fourth-order valence-electron chi connectivity index (χ4n) is 1.19. The molecule has 0 saturated carbocycles. The first-order valence-corrected chi connectivity index (χ1v) is 4.95. The Hall–Kier alpha value is -1.80. The average Bonchev–Trinajstić information content (AvgIpc) is 2.30. The van der Waals surface area contributed by atoms with Gasteiger partial charge in [-0.3, -0.25) is 0 Å². The smallest absolute Gasteiger partial charge is 0.170 e. The molecule has 15 heavy (non-hydrogen) atoms. The molecule has 0 radical (unpaired) electrons. The molecule has 1 heterocycles. The molecule has 1 aromatic carbocycles. The Bertz CT molecular complexity index is 533. The maximum Gasteiger partial charge on any atom is 0.170 e. The van der Waals surface area contributed by atoms with Gasteiger partial charge in [-0.05, 0) is 6.07 Å². The van der Waals surface area contributed by atoms with Crippen LogP contribution >= 0.6 is 15.9 Å². The third-order valence-corrected chi connectivity index (χ3v) is 2.55. The zero-order valence-electron chi connectivity index (χ0n) is 7.55. The molecule has 0 atom stereocenters. The molecule has 4 nitrogen and oxygen atoms in total. The lowest BCUT2D eigenvalue weighted by Gasteiger charge is -2.02. The molecular formula is C10H5BrN4. The minimum Gasteiger partial charge on any atom is -0.221 e. The molecule has 0 amide bonds. The van der Waals surface area contributed by atoms with Crippen LogP contribution in [0, 0.1) is 11.3 Å². The highest BCUT2D eigenvalue weighted by atomic mass is 79.9. The van der Waals surface area contributed by atoms with Crippen LogP contribution < -0.4 is 0 Å². The third kappa shape index (κ3) is 1.85. The van der Waals surface area contributed by atoms with E-state index >= 15 is 0 Å². The first kappa shape index (κ1) is 9.74. The molecule has 0 aliphatic heterocycles. The summed E-state index contributed by atoms with van der Waals surface area (Å²) in [5.74, 6) is 0. The fourth-order valence-corrected chi connectivity index (χ4v) is 1.66. The molecule has 0 unspecified atom stereocenters. The van der Waals surface area contributed by atoms with E-state index in [1.807, 2.05) is 30.3 Å². The number of nitrogens with zero attached hydrogens (tertiary/aromatic N) is 4. The van der Waals surface area contributed by atoms with Crippen molar-refractivity contribution >= 4 is 15.9 Å². The van der Waals surface area contributed by atoms with Gasteiger partial charge >= 0.3 is 0 Å². The average molecular weight is 261 g/mol. The van der Waals surface area contributed by atoms with Crippen molar-refractivity contribution in [2.75, 3.05) is 0 Å². The van der Waals surface area contributed by atoms with E-state index in [0.717, 1.165) is 10.0 Å².